The summed E-state index contributed by atoms with van der Waals surface area (Å²) < 4.78 is 5.00. The van der Waals surface area contributed by atoms with Crippen LogP contribution >= 0.6 is 11.6 Å². The Morgan fingerprint density at radius 3 is 2.44 bits per heavy atom. The predicted molar refractivity (Wildman–Crippen MR) is 69.9 cm³/mol. The van der Waals surface area contributed by atoms with Crippen molar-refractivity contribution < 1.29 is 14.3 Å². The van der Waals surface area contributed by atoms with Crippen molar-refractivity contribution in [3.8, 4) is 5.75 Å². The zero-order valence-corrected chi connectivity index (χ0v) is 11.0. The van der Waals surface area contributed by atoms with Crippen LogP contribution < -0.4 is 15.4 Å². The average molecular weight is 271 g/mol. The maximum Gasteiger partial charge on any atom is 0.246 e. The van der Waals surface area contributed by atoms with Gasteiger partial charge in [0.15, 0.2) is 0 Å². The molecule has 18 heavy (non-hydrogen) atoms. The summed E-state index contributed by atoms with van der Waals surface area (Å²) >= 11 is 5.34. The summed E-state index contributed by atoms with van der Waals surface area (Å²) in [6, 6.07) is 6.26. The second kappa shape index (κ2) is 6.86. The van der Waals surface area contributed by atoms with E-state index in [-0.39, 0.29) is 17.7 Å². The van der Waals surface area contributed by atoms with E-state index in [1.165, 1.54) is 0 Å². The molecule has 0 saturated heterocycles. The van der Waals surface area contributed by atoms with Crippen molar-refractivity contribution in [2.75, 3.05) is 18.3 Å². The minimum atomic E-state index is -0.640. The summed E-state index contributed by atoms with van der Waals surface area (Å²) in [5, 5.41) is 5.13. The highest BCUT2D eigenvalue weighted by atomic mass is 35.5. The van der Waals surface area contributed by atoms with E-state index in [9.17, 15) is 9.59 Å². The highest BCUT2D eigenvalue weighted by Crippen LogP contribution is 2.14. The van der Waals surface area contributed by atoms with Crippen molar-refractivity contribution in [1.29, 1.82) is 0 Å². The Morgan fingerprint density at radius 1 is 1.33 bits per heavy atom. The molecule has 1 rings (SSSR count). The molecule has 0 saturated carbocycles. The van der Waals surface area contributed by atoms with Gasteiger partial charge in [0.1, 0.15) is 17.7 Å². The quantitative estimate of drug-likeness (QED) is 0.795. The van der Waals surface area contributed by atoms with Crippen molar-refractivity contribution in [3.05, 3.63) is 24.3 Å². The molecule has 0 bridgehead atoms. The van der Waals surface area contributed by atoms with Gasteiger partial charge in [-0.2, -0.15) is 0 Å². The number of nitrogens with one attached hydrogen (secondary N) is 2. The third-order valence-electron chi connectivity index (χ3n) is 2.25. The van der Waals surface area contributed by atoms with Gasteiger partial charge in [0.05, 0.1) is 7.11 Å². The number of carbonyl (C=O) groups is 2. The smallest absolute Gasteiger partial charge is 0.246 e. The lowest BCUT2D eigenvalue weighted by Crippen LogP contribution is -2.42. The fraction of sp³-hybridized carbons (Fsp3) is 0.333. The van der Waals surface area contributed by atoms with Crippen molar-refractivity contribution in [3.63, 3.8) is 0 Å². The number of alkyl halides is 1. The fourth-order valence-electron chi connectivity index (χ4n) is 1.27. The van der Waals surface area contributed by atoms with E-state index in [0.29, 0.717) is 11.4 Å². The number of ether oxygens (including phenoxy) is 1. The number of benzene rings is 1. The first-order chi connectivity index (χ1) is 8.56. The monoisotopic (exact) mass is 270 g/mol. The Labute approximate surface area is 110 Å². The molecule has 6 heteroatoms. The molecule has 1 aromatic rings. The fourth-order valence-corrected chi connectivity index (χ4v) is 1.35. The second-order valence-corrected chi connectivity index (χ2v) is 3.91. The lowest BCUT2D eigenvalue weighted by Gasteiger charge is -2.13. The first-order valence-corrected chi connectivity index (χ1v) is 5.90. The van der Waals surface area contributed by atoms with E-state index >= 15 is 0 Å². The van der Waals surface area contributed by atoms with Crippen molar-refractivity contribution >= 4 is 29.1 Å². The molecule has 2 N–H and O–H groups in total. The molecule has 5 nitrogen and oxygen atoms in total. The number of anilines is 1. The van der Waals surface area contributed by atoms with Gasteiger partial charge in [-0.1, -0.05) is 0 Å². The molecule has 0 aliphatic heterocycles. The number of carbonyl (C=O) groups excluding carboxylic acids is 2. The summed E-state index contributed by atoms with van der Waals surface area (Å²) in [6.45, 7) is 1.59. The van der Waals surface area contributed by atoms with Crippen molar-refractivity contribution in [1.82, 2.24) is 5.32 Å². The SMILES string of the molecule is COc1ccc(NC(=O)[C@@H](C)NC(=O)CCl)cc1. The summed E-state index contributed by atoms with van der Waals surface area (Å²) in [6.07, 6.45) is 0. The topological polar surface area (TPSA) is 67.4 Å². The van der Waals surface area contributed by atoms with Gasteiger partial charge in [0, 0.05) is 5.69 Å². The Bertz CT molecular complexity index is 420. The average Bonchev–Trinajstić information content (AvgIpc) is 2.39. The van der Waals surface area contributed by atoms with Crippen LogP contribution in [0.25, 0.3) is 0 Å². The lowest BCUT2D eigenvalue weighted by molar-refractivity contribution is -0.124. The molecule has 0 radical (unpaired) electrons. The highest BCUT2D eigenvalue weighted by molar-refractivity contribution is 6.27. The van der Waals surface area contributed by atoms with Gasteiger partial charge in [-0.15, -0.1) is 11.6 Å². The van der Waals surface area contributed by atoms with Crippen molar-refractivity contribution in [2.24, 2.45) is 0 Å². The minimum Gasteiger partial charge on any atom is -0.497 e. The molecule has 0 heterocycles. The van der Waals surface area contributed by atoms with Crippen LogP contribution in [0.3, 0.4) is 0 Å². The van der Waals surface area contributed by atoms with Crippen LogP contribution in [-0.4, -0.2) is 30.8 Å². The van der Waals surface area contributed by atoms with Gasteiger partial charge in [0.2, 0.25) is 11.8 Å². The van der Waals surface area contributed by atoms with Gasteiger partial charge in [0.25, 0.3) is 0 Å². The van der Waals surface area contributed by atoms with E-state index in [0.717, 1.165) is 0 Å². The van der Waals surface area contributed by atoms with Crippen LogP contribution in [0.15, 0.2) is 24.3 Å². The van der Waals surface area contributed by atoms with Crippen LogP contribution in [0.4, 0.5) is 5.69 Å². The third kappa shape index (κ3) is 4.25. The first-order valence-electron chi connectivity index (χ1n) is 5.37. The Balaban J connectivity index is 2.55. The van der Waals surface area contributed by atoms with Gasteiger partial charge >= 0.3 is 0 Å². The maximum absolute atomic E-state index is 11.7. The molecular weight excluding hydrogens is 256 g/mol. The van der Waals surface area contributed by atoms with E-state index in [4.69, 9.17) is 16.3 Å². The summed E-state index contributed by atoms with van der Waals surface area (Å²) in [7, 11) is 1.57. The molecule has 1 aromatic carbocycles. The van der Waals surface area contributed by atoms with Crippen LogP contribution in [0.1, 0.15) is 6.92 Å². The molecule has 2 amide bonds. The molecule has 98 valence electrons. The summed E-state index contributed by atoms with van der Waals surface area (Å²) in [5.41, 5.74) is 0.632. The molecule has 0 aromatic heterocycles. The maximum atomic E-state index is 11.7. The molecule has 0 fully saturated rings. The zero-order chi connectivity index (χ0) is 13.5. The Kier molecular flexibility index (Phi) is 5.45. The lowest BCUT2D eigenvalue weighted by atomic mass is 10.2. The zero-order valence-electron chi connectivity index (χ0n) is 10.2. The molecule has 0 unspecified atom stereocenters. The van der Waals surface area contributed by atoms with Gasteiger partial charge in [-0.25, -0.2) is 0 Å². The van der Waals surface area contributed by atoms with Gasteiger partial charge < -0.3 is 15.4 Å². The van der Waals surface area contributed by atoms with Crippen LogP contribution in [0, 0.1) is 0 Å². The number of hydrogen-bond acceptors (Lipinski definition) is 3. The number of rotatable bonds is 5. The van der Waals surface area contributed by atoms with Gasteiger partial charge in [-0.3, -0.25) is 9.59 Å². The Morgan fingerprint density at radius 2 is 1.94 bits per heavy atom. The molecule has 0 aliphatic carbocycles. The van der Waals surface area contributed by atoms with Crippen LogP contribution in [0.2, 0.25) is 0 Å². The van der Waals surface area contributed by atoms with E-state index in [1.807, 2.05) is 0 Å². The standard InChI is InChI=1S/C12H15ClN2O3/c1-8(14-11(16)7-13)12(17)15-9-3-5-10(18-2)6-4-9/h3-6,8H,7H2,1-2H3,(H,14,16)(H,15,17)/t8-/m1/s1. The largest absolute Gasteiger partial charge is 0.497 e. The number of amides is 2. The summed E-state index contributed by atoms with van der Waals surface area (Å²) in [5.74, 6) is -0.149. The number of methoxy groups -OCH3 is 1. The normalized spacial score (nSPS) is 11.5. The number of halogens is 1. The highest BCUT2D eigenvalue weighted by Gasteiger charge is 2.14. The second-order valence-electron chi connectivity index (χ2n) is 3.64. The Hall–Kier alpha value is -1.75. The molecular formula is C12H15ClN2O3. The molecule has 1 atom stereocenters. The molecule has 0 spiro atoms. The van der Waals surface area contributed by atoms with Crippen LogP contribution in [-0.2, 0) is 9.59 Å². The van der Waals surface area contributed by atoms with E-state index in [1.54, 1.807) is 38.3 Å². The number of hydrogen-bond donors (Lipinski definition) is 2. The predicted octanol–water partition coefficient (Wildman–Crippen LogP) is 1.38. The van der Waals surface area contributed by atoms with E-state index in [2.05, 4.69) is 10.6 Å². The molecule has 0 aliphatic rings. The summed E-state index contributed by atoms with van der Waals surface area (Å²) in [4.78, 5) is 22.7. The van der Waals surface area contributed by atoms with Gasteiger partial charge in [-0.05, 0) is 31.2 Å². The van der Waals surface area contributed by atoms with Crippen LogP contribution in [0.5, 0.6) is 5.75 Å². The van der Waals surface area contributed by atoms with Crippen molar-refractivity contribution in [2.45, 2.75) is 13.0 Å². The third-order valence-corrected chi connectivity index (χ3v) is 2.49. The minimum absolute atomic E-state index is 0.167. The first kappa shape index (κ1) is 14.3. The van der Waals surface area contributed by atoms with E-state index < -0.39 is 6.04 Å².